The molecular weight excluding hydrogens is 320 g/mol. The lowest BCUT2D eigenvalue weighted by Crippen LogP contribution is -2.46. The van der Waals surface area contributed by atoms with Crippen molar-refractivity contribution in [1.82, 2.24) is 10.6 Å². The van der Waals surface area contributed by atoms with Crippen LogP contribution in [0.25, 0.3) is 0 Å². The van der Waals surface area contributed by atoms with E-state index in [1.165, 1.54) is 0 Å². The van der Waals surface area contributed by atoms with Crippen molar-refractivity contribution in [3.63, 3.8) is 0 Å². The van der Waals surface area contributed by atoms with Crippen LogP contribution in [0.1, 0.15) is 21.5 Å². The maximum atomic E-state index is 12.0. The minimum atomic E-state index is -1.12. The first-order valence-electron chi connectivity index (χ1n) is 7.86. The van der Waals surface area contributed by atoms with Gasteiger partial charge in [-0.2, -0.15) is 0 Å². The number of amides is 2. The second-order valence-corrected chi connectivity index (χ2v) is 5.70. The summed E-state index contributed by atoms with van der Waals surface area (Å²) >= 11 is 0. The predicted molar refractivity (Wildman–Crippen MR) is 93.2 cm³/mol. The van der Waals surface area contributed by atoms with E-state index in [1.54, 1.807) is 30.3 Å². The fraction of sp³-hybridized carbons (Fsp3) is 0.211. The van der Waals surface area contributed by atoms with Gasteiger partial charge in [0.25, 0.3) is 5.91 Å². The molecule has 0 radical (unpaired) electrons. The second kappa shape index (κ2) is 8.63. The molecule has 0 spiro atoms. The standard InChI is InChI=1S/C19H20N2O4/c1-13-6-5-7-14(10-13)11-16(19(24)25)21-17(22)12-20-18(23)15-8-3-2-4-9-15/h2-10,16H,11-12H2,1H3,(H,20,23)(H,21,22)(H,24,25)/t16-/m0/s1. The number of carboxylic acid groups (broad SMARTS) is 1. The van der Waals surface area contributed by atoms with Gasteiger partial charge in [-0.05, 0) is 24.6 Å². The highest BCUT2D eigenvalue weighted by atomic mass is 16.4. The summed E-state index contributed by atoms with van der Waals surface area (Å²) in [6.07, 6.45) is 0.176. The van der Waals surface area contributed by atoms with E-state index in [1.807, 2.05) is 31.2 Å². The van der Waals surface area contributed by atoms with Gasteiger partial charge in [0, 0.05) is 12.0 Å². The van der Waals surface area contributed by atoms with E-state index in [2.05, 4.69) is 10.6 Å². The second-order valence-electron chi connectivity index (χ2n) is 5.70. The molecular formula is C19H20N2O4. The number of aliphatic carboxylic acids is 1. The van der Waals surface area contributed by atoms with Crippen molar-refractivity contribution in [2.45, 2.75) is 19.4 Å². The summed E-state index contributed by atoms with van der Waals surface area (Å²) in [4.78, 5) is 35.2. The van der Waals surface area contributed by atoms with Crippen LogP contribution in [0.15, 0.2) is 54.6 Å². The number of rotatable bonds is 7. The molecule has 3 N–H and O–H groups in total. The Hall–Kier alpha value is -3.15. The number of aryl methyl sites for hydroxylation is 1. The minimum absolute atomic E-state index is 0.176. The Balaban J connectivity index is 1.89. The summed E-state index contributed by atoms with van der Waals surface area (Å²) < 4.78 is 0. The number of benzene rings is 2. The molecule has 130 valence electrons. The molecule has 0 fully saturated rings. The zero-order chi connectivity index (χ0) is 18.2. The van der Waals surface area contributed by atoms with E-state index in [-0.39, 0.29) is 18.9 Å². The van der Waals surface area contributed by atoms with E-state index in [9.17, 15) is 19.5 Å². The number of carbonyl (C=O) groups excluding carboxylic acids is 2. The SMILES string of the molecule is Cc1cccc(C[C@H](NC(=O)CNC(=O)c2ccccc2)C(=O)O)c1. The zero-order valence-corrected chi connectivity index (χ0v) is 13.9. The number of hydrogen-bond acceptors (Lipinski definition) is 3. The lowest BCUT2D eigenvalue weighted by molar-refractivity contribution is -0.141. The first kappa shape index (κ1) is 18.2. The normalized spacial score (nSPS) is 11.4. The van der Waals surface area contributed by atoms with Gasteiger partial charge in [0.15, 0.2) is 0 Å². The molecule has 1 atom stereocenters. The van der Waals surface area contributed by atoms with Crippen molar-refractivity contribution in [2.24, 2.45) is 0 Å². The van der Waals surface area contributed by atoms with E-state index >= 15 is 0 Å². The van der Waals surface area contributed by atoms with Gasteiger partial charge in [-0.25, -0.2) is 4.79 Å². The average Bonchev–Trinajstić information content (AvgIpc) is 2.60. The quantitative estimate of drug-likeness (QED) is 0.712. The maximum Gasteiger partial charge on any atom is 0.326 e. The number of carboxylic acids is 1. The van der Waals surface area contributed by atoms with Crippen LogP contribution in [0, 0.1) is 6.92 Å². The Kier molecular flexibility index (Phi) is 6.28. The first-order chi connectivity index (χ1) is 12.0. The van der Waals surface area contributed by atoms with Crippen LogP contribution in [0.4, 0.5) is 0 Å². The molecule has 2 aromatic carbocycles. The van der Waals surface area contributed by atoms with Crippen LogP contribution < -0.4 is 10.6 Å². The van der Waals surface area contributed by atoms with Crippen molar-refractivity contribution in [2.75, 3.05) is 6.54 Å². The highest BCUT2D eigenvalue weighted by molar-refractivity contribution is 5.96. The van der Waals surface area contributed by atoms with E-state index < -0.39 is 17.9 Å². The van der Waals surface area contributed by atoms with E-state index in [0.29, 0.717) is 5.56 Å². The fourth-order valence-electron chi connectivity index (χ4n) is 2.37. The maximum absolute atomic E-state index is 12.0. The van der Waals surface area contributed by atoms with Crippen molar-refractivity contribution >= 4 is 17.8 Å². The molecule has 6 heteroatoms. The van der Waals surface area contributed by atoms with Gasteiger partial charge < -0.3 is 15.7 Å². The summed E-state index contributed by atoms with van der Waals surface area (Å²) in [6.45, 7) is 1.63. The Morgan fingerprint density at radius 2 is 1.76 bits per heavy atom. The summed E-state index contributed by atoms with van der Waals surface area (Å²) in [6, 6.07) is 14.9. The molecule has 6 nitrogen and oxygen atoms in total. The Bertz CT molecular complexity index is 759. The summed E-state index contributed by atoms with van der Waals surface area (Å²) in [5, 5.41) is 14.2. The number of hydrogen-bond donors (Lipinski definition) is 3. The van der Waals surface area contributed by atoms with E-state index in [0.717, 1.165) is 11.1 Å². The summed E-state index contributed by atoms with van der Waals surface area (Å²) in [5.74, 6) is -2.06. The molecule has 0 aromatic heterocycles. The van der Waals surface area contributed by atoms with Gasteiger partial charge in [-0.15, -0.1) is 0 Å². The monoisotopic (exact) mass is 340 g/mol. The molecule has 0 aliphatic rings. The van der Waals surface area contributed by atoms with Crippen LogP contribution in [-0.4, -0.2) is 35.5 Å². The minimum Gasteiger partial charge on any atom is -0.480 e. The summed E-state index contributed by atoms with van der Waals surface area (Å²) in [5.41, 5.74) is 2.27. The van der Waals surface area contributed by atoms with Gasteiger partial charge in [0.2, 0.25) is 5.91 Å². The summed E-state index contributed by atoms with van der Waals surface area (Å²) in [7, 11) is 0. The first-order valence-corrected chi connectivity index (χ1v) is 7.86. The Morgan fingerprint density at radius 1 is 1.04 bits per heavy atom. The molecule has 0 heterocycles. The molecule has 0 bridgehead atoms. The number of nitrogens with one attached hydrogen (secondary N) is 2. The molecule has 25 heavy (non-hydrogen) atoms. The van der Waals surface area contributed by atoms with Crippen LogP contribution in [0.5, 0.6) is 0 Å². The molecule has 0 aliphatic carbocycles. The van der Waals surface area contributed by atoms with Crippen molar-refractivity contribution in [3.05, 3.63) is 71.3 Å². The topological polar surface area (TPSA) is 95.5 Å². The molecule has 2 amide bonds. The fourth-order valence-corrected chi connectivity index (χ4v) is 2.37. The van der Waals surface area contributed by atoms with Crippen molar-refractivity contribution in [1.29, 1.82) is 0 Å². The zero-order valence-electron chi connectivity index (χ0n) is 13.9. The molecule has 0 unspecified atom stereocenters. The third kappa shape index (κ3) is 5.76. The lowest BCUT2D eigenvalue weighted by atomic mass is 10.0. The lowest BCUT2D eigenvalue weighted by Gasteiger charge is -2.15. The average molecular weight is 340 g/mol. The van der Waals surface area contributed by atoms with Crippen molar-refractivity contribution in [3.8, 4) is 0 Å². The predicted octanol–water partition coefficient (Wildman–Crippen LogP) is 1.54. The highest BCUT2D eigenvalue weighted by Gasteiger charge is 2.20. The van der Waals surface area contributed by atoms with Crippen LogP contribution in [0.2, 0.25) is 0 Å². The van der Waals surface area contributed by atoms with Crippen LogP contribution >= 0.6 is 0 Å². The largest absolute Gasteiger partial charge is 0.480 e. The van der Waals surface area contributed by atoms with Gasteiger partial charge >= 0.3 is 5.97 Å². The van der Waals surface area contributed by atoms with Gasteiger partial charge in [0.05, 0.1) is 6.54 Å². The van der Waals surface area contributed by atoms with E-state index in [4.69, 9.17) is 0 Å². The third-order valence-electron chi connectivity index (χ3n) is 3.60. The third-order valence-corrected chi connectivity index (χ3v) is 3.60. The van der Waals surface area contributed by atoms with Gasteiger partial charge in [0.1, 0.15) is 6.04 Å². The smallest absolute Gasteiger partial charge is 0.326 e. The van der Waals surface area contributed by atoms with Crippen LogP contribution in [0.3, 0.4) is 0 Å². The van der Waals surface area contributed by atoms with Crippen LogP contribution in [-0.2, 0) is 16.0 Å². The molecule has 0 aliphatic heterocycles. The molecule has 2 rings (SSSR count). The van der Waals surface area contributed by atoms with Gasteiger partial charge in [-0.3, -0.25) is 9.59 Å². The molecule has 2 aromatic rings. The molecule has 0 saturated heterocycles. The highest BCUT2D eigenvalue weighted by Crippen LogP contribution is 2.07. The molecule has 0 saturated carbocycles. The van der Waals surface area contributed by atoms with Gasteiger partial charge in [-0.1, -0.05) is 48.0 Å². The Morgan fingerprint density at radius 3 is 2.40 bits per heavy atom. The van der Waals surface area contributed by atoms with Crippen molar-refractivity contribution < 1.29 is 19.5 Å². The number of carbonyl (C=O) groups is 3. The Labute approximate surface area is 145 Å².